The highest BCUT2D eigenvalue weighted by atomic mass is 16.2. The lowest BCUT2D eigenvalue weighted by atomic mass is 9.85. The van der Waals surface area contributed by atoms with Crippen molar-refractivity contribution in [2.24, 2.45) is 10.8 Å². The van der Waals surface area contributed by atoms with E-state index in [0.29, 0.717) is 6.42 Å². The maximum absolute atomic E-state index is 12.1. The lowest BCUT2D eigenvalue weighted by Gasteiger charge is -2.33. The summed E-state index contributed by atoms with van der Waals surface area (Å²) in [5.74, 6) is -0.137. The van der Waals surface area contributed by atoms with Gasteiger partial charge in [0, 0.05) is 20.5 Å². The molecule has 1 unspecified atom stereocenters. The Morgan fingerprint density at radius 3 is 1.78 bits per heavy atom. The van der Waals surface area contributed by atoms with Crippen LogP contribution in [0, 0.1) is 10.8 Å². The first kappa shape index (κ1) is 16.9. The Balaban J connectivity index is 4.83. The van der Waals surface area contributed by atoms with E-state index in [1.807, 2.05) is 41.5 Å². The van der Waals surface area contributed by atoms with Crippen molar-refractivity contribution < 1.29 is 9.59 Å². The van der Waals surface area contributed by atoms with Crippen molar-refractivity contribution in [3.8, 4) is 0 Å². The minimum Gasteiger partial charge on any atom is -0.347 e. The van der Waals surface area contributed by atoms with Crippen LogP contribution in [-0.4, -0.2) is 36.9 Å². The van der Waals surface area contributed by atoms with Crippen molar-refractivity contribution in [2.75, 3.05) is 14.1 Å². The zero-order valence-electron chi connectivity index (χ0n) is 13.0. The van der Waals surface area contributed by atoms with Gasteiger partial charge in [0.1, 0.15) is 6.04 Å². The van der Waals surface area contributed by atoms with Crippen molar-refractivity contribution in [2.45, 2.75) is 54.0 Å². The van der Waals surface area contributed by atoms with Gasteiger partial charge in [-0.25, -0.2) is 0 Å². The standard InChI is InChI=1S/C14H28N2O2/c1-13(2,3)9-10(17)15-11(14(4,5)6)12(18)16(7)8/h11H,9H2,1-8H3,(H,15,17). The molecule has 0 fully saturated rings. The van der Waals surface area contributed by atoms with Crippen LogP contribution in [-0.2, 0) is 9.59 Å². The van der Waals surface area contributed by atoms with E-state index in [9.17, 15) is 9.59 Å². The summed E-state index contributed by atoms with van der Waals surface area (Å²) in [5.41, 5.74) is -0.372. The van der Waals surface area contributed by atoms with E-state index in [2.05, 4.69) is 5.32 Å². The summed E-state index contributed by atoms with van der Waals surface area (Å²) < 4.78 is 0. The van der Waals surface area contributed by atoms with Gasteiger partial charge in [-0.1, -0.05) is 41.5 Å². The molecular weight excluding hydrogens is 228 g/mol. The van der Waals surface area contributed by atoms with Crippen molar-refractivity contribution in [3.63, 3.8) is 0 Å². The van der Waals surface area contributed by atoms with Crippen LogP contribution in [0.4, 0.5) is 0 Å². The highest BCUT2D eigenvalue weighted by Crippen LogP contribution is 2.23. The second-order valence-corrected chi connectivity index (χ2v) is 7.34. The van der Waals surface area contributed by atoms with Gasteiger partial charge in [0.25, 0.3) is 0 Å². The summed E-state index contributed by atoms with van der Waals surface area (Å²) in [6.07, 6.45) is 0.417. The fourth-order valence-corrected chi connectivity index (χ4v) is 1.60. The highest BCUT2D eigenvalue weighted by Gasteiger charge is 2.34. The molecule has 4 nitrogen and oxygen atoms in total. The summed E-state index contributed by atoms with van der Waals surface area (Å²) in [6, 6.07) is -0.484. The molecule has 0 bridgehead atoms. The Kier molecular flexibility index (Phi) is 5.38. The first-order valence-corrected chi connectivity index (χ1v) is 6.35. The van der Waals surface area contributed by atoms with Crippen LogP contribution >= 0.6 is 0 Å². The zero-order valence-corrected chi connectivity index (χ0v) is 13.0. The summed E-state index contributed by atoms with van der Waals surface area (Å²) in [6.45, 7) is 11.9. The molecule has 1 atom stereocenters. The van der Waals surface area contributed by atoms with E-state index in [1.54, 1.807) is 14.1 Å². The fourth-order valence-electron chi connectivity index (χ4n) is 1.60. The number of amides is 2. The van der Waals surface area contributed by atoms with Crippen LogP contribution in [0.3, 0.4) is 0 Å². The van der Waals surface area contributed by atoms with Crippen LogP contribution in [0.5, 0.6) is 0 Å². The van der Waals surface area contributed by atoms with Crippen molar-refractivity contribution in [1.82, 2.24) is 10.2 Å². The molecule has 0 aliphatic carbocycles. The number of hydrogen-bond acceptors (Lipinski definition) is 2. The molecule has 0 saturated heterocycles. The largest absolute Gasteiger partial charge is 0.347 e. The molecule has 0 aromatic rings. The predicted molar refractivity (Wildman–Crippen MR) is 74.2 cm³/mol. The summed E-state index contributed by atoms with van der Waals surface area (Å²) in [5, 5.41) is 2.86. The molecule has 0 aliphatic heterocycles. The minimum atomic E-state index is -0.484. The number of hydrogen-bond donors (Lipinski definition) is 1. The Bertz CT molecular complexity index is 309. The average molecular weight is 256 g/mol. The Labute approximate surface area is 111 Å². The summed E-state index contributed by atoms with van der Waals surface area (Å²) in [7, 11) is 3.41. The van der Waals surface area contributed by atoms with Crippen LogP contribution in [0.15, 0.2) is 0 Å². The van der Waals surface area contributed by atoms with Crippen molar-refractivity contribution in [3.05, 3.63) is 0 Å². The smallest absolute Gasteiger partial charge is 0.245 e. The zero-order chi connectivity index (χ0) is 14.7. The molecule has 0 aromatic heterocycles. The van der Waals surface area contributed by atoms with E-state index >= 15 is 0 Å². The van der Waals surface area contributed by atoms with Crippen molar-refractivity contribution >= 4 is 11.8 Å². The Hall–Kier alpha value is -1.06. The summed E-state index contributed by atoms with van der Waals surface area (Å²) in [4.78, 5) is 25.6. The molecule has 106 valence electrons. The second kappa shape index (κ2) is 5.72. The molecule has 2 amide bonds. The highest BCUT2D eigenvalue weighted by molar-refractivity contribution is 5.88. The van der Waals surface area contributed by atoms with Gasteiger partial charge < -0.3 is 10.2 Å². The quantitative estimate of drug-likeness (QED) is 0.840. The fraction of sp³-hybridized carbons (Fsp3) is 0.857. The van der Waals surface area contributed by atoms with Crippen LogP contribution in [0.2, 0.25) is 0 Å². The predicted octanol–water partition coefficient (Wildman–Crippen LogP) is 2.04. The number of carbonyl (C=O) groups excluding carboxylic acids is 2. The molecule has 4 heteroatoms. The molecule has 18 heavy (non-hydrogen) atoms. The van der Waals surface area contributed by atoms with Gasteiger partial charge in [-0.3, -0.25) is 9.59 Å². The number of nitrogens with zero attached hydrogens (tertiary/aromatic N) is 1. The lowest BCUT2D eigenvalue weighted by Crippen LogP contribution is -2.53. The van der Waals surface area contributed by atoms with E-state index < -0.39 is 6.04 Å². The molecule has 0 aromatic carbocycles. The van der Waals surface area contributed by atoms with E-state index in [1.165, 1.54) is 4.90 Å². The van der Waals surface area contributed by atoms with Gasteiger partial charge in [0.05, 0.1) is 0 Å². The minimum absolute atomic E-state index is 0.0650. The monoisotopic (exact) mass is 256 g/mol. The molecule has 0 rings (SSSR count). The number of carbonyl (C=O) groups is 2. The topological polar surface area (TPSA) is 49.4 Å². The first-order chi connectivity index (χ1) is 7.84. The van der Waals surface area contributed by atoms with E-state index in [4.69, 9.17) is 0 Å². The molecular formula is C14H28N2O2. The third-order valence-corrected chi connectivity index (χ3v) is 2.55. The average Bonchev–Trinajstić information content (AvgIpc) is 2.08. The van der Waals surface area contributed by atoms with Gasteiger partial charge in [-0.15, -0.1) is 0 Å². The van der Waals surface area contributed by atoms with Gasteiger partial charge in [-0.2, -0.15) is 0 Å². The molecule has 0 saturated carbocycles. The second-order valence-electron chi connectivity index (χ2n) is 7.34. The van der Waals surface area contributed by atoms with Gasteiger partial charge in [0.2, 0.25) is 11.8 Å². The van der Waals surface area contributed by atoms with Gasteiger partial charge >= 0.3 is 0 Å². The third-order valence-electron chi connectivity index (χ3n) is 2.55. The molecule has 0 spiro atoms. The molecule has 1 N–H and O–H groups in total. The number of nitrogens with one attached hydrogen (secondary N) is 1. The SMILES string of the molecule is CN(C)C(=O)C(NC(=O)CC(C)(C)C)C(C)(C)C. The number of likely N-dealkylation sites (N-methyl/N-ethyl adjacent to an activating group) is 1. The van der Waals surface area contributed by atoms with Crippen LogP contribution < -0.4 is 5.32 Å². The Morgan fingerprint density at radius 1 is 1.06 bits per heavy atom. The van der Waals surface area contributed by atoms with E-state index in [-0.39, 0.29) is 22.6 Å². The molecule has 0 aliphatic rings. The molecule has 0 radical (unpaired) electrons. The van der Waals surface area contributed by atoms with E-state index in [0.717, 1.165) is 0 Å². The van der Waals surface area contributed by atoms with Gasteiger partial charge in [-0.05, 0) is 10.8 Å². The Morgan fingerprint density at radius 2 is 1.50 bits per heavy atom. The van der Waals surface area contributed by atoms with Crippen LogP contribution in [0.25, 0.3) is 0 Å². The normalized spacial score (nSPS) is 14.0. The van der Waals surface area contributed by atoms with Gasteiger partial charge in [0.15, 0.2) is 0 Å². The van der Waals surface area contributed by atoms with Crippen LogP contribution in [0.1, 0.15) is 48.0 Å². The third kappa shape index (κ3) is 6.03. The summed E-state index contributed by atoms with van der Waals surface area (Å²) >= 11 is 0. The maximum Gasteiger partial charge on any atom is 0.245 e. The number of rotatable bonds is 3. The van der Waals surface area contributed by atoms with Crippen molar-refractivity contribution in [1.29, 1.82) is 0 Å². The maximum atomic E-state index is 12.1. The molecule has 0 heterocycles. The lowest BCUT2D eigenvalue weighted by molar-refractivity contribution is -0.137. The first-order valence-electron chi connectivity index (χ1n) is 6.35.